The summed E-state index contributed by atoms with van der Waals surface area (Å²) >= 11 is -5.44. The third-order valence-corrected chi connectivity index (χ3v) is 12.7. The molecule has 0 aliphatic carbocycles. The fourth-order valence-corrected chi connectivity index (χ4v) is 13.2. The Balaban J connectivity index is 2.35. The molecule has 0 atom stereocenters. The van der Waals surface area contributed by atoms with Crippen molar-refractivity contribution in [2.75, 3.05) is 0 Å². The predicted molar refractivity (Wildman–Crippen MR) is 92.5 cm³/mol. The van der Waals surface area contributed by atoms with E-state index in [0.717, 1.165) is 14.8 Å². The molecule has 0 aliphatic heterocycles. The number of rotatable bonds is 5. The van der Waals surface area contributed by atoms with Gasteiger partial charge in [-0.25, -0.2) is 0 Å². The van der Waals surface area contributed by atoms with Crippen molar-refractivity contribution in [3.05, 3.63) is 77.7 Å². The first-order valence-electron chi connectivity index (χ1n) is 6.75. The van der Waals surface area contributed by atoms with Crippen LogP contribution in [-0.2, 0) is 11.3 Å². The molecule has 1 aromatic heterocycles. The van der Waals surface area contributed by atoms with Gasteiger partial charge in [0.05, 0.1) is 0 Å². The van der Waals surface area contributed by atoms with Crippen molar-refractivity contribution < 1.29 is 15.5 Å². The molecule has 23 heavy (non-hydrogen) atoms. The van der Waals surface area contributed by atoms with Crippen molar-refractivity contribution in [1.82, 2.24) is 0 Å². The number of hydrogen-bond donors (Lipinski definition) is 1. The van der Waals surface area contributed by atoms with Crippen molar-refractivity contribution in [3.8, 4) is 0 Å². The van der Waals surface area contributed by atoms with Gasteiger partial charge in [0, 0.05) is 0 Å². The zero-order chi connectivity index (χ0) is 16.3. The van der Waals surface area contributed by atoms with Gasteiger partial charge in [0.15, 0.2) is 0 Å². The quantitative estimate of drug-likeness (QED) is 0.461. The minimum atomic E-state index is -5.43. The molecule has 0 radical (unpaired) electrons. The summed E-state index contributed by atoms with van der Waals surface area (Å²) in [6.45, 7) is 0. The molecule has 0 saturated heterocycles. The standard InChI is InChI=1S/C16H13O4PSe2/c17-23(18,19)20-21(16-12-7-13-22-16,14-8-3-1-4-9-14)15-10-5-2-6-11-15/h1-13H/p+1. The van der Waals surface area contributed by atoms with Gasteiger partial charge in [0.2, 0.25) is 0 Å². The summed E-state index contributed by atoms with van der Waals surface area (Å²) in [4.78, 5) is 2.02. The van der Waals surface area contributed by atoms with Gasteiger partial charge in [0.1, 0.15) is 0 Å². The first-order chi connectivity index (χ1) is 11.0. The van der Waals surface area contributed by atoms with Crippen molar-refractivity contribution >= 4 is 50.1 Å². The summed E-state index contributed by atoms with van der Waals surface area (Å²) in [6.07, 6.45) is 0. The van der Waals surface area contributed by atoms with Crippen LogP contribution in [0.4, 0.5) is 0 Å². The summed E-state index contributed by atoms with van der Waals surface area (Å²) in [6, 6.07) is 22.4. The van der Waals surface area contributed by atoms with E-state index in [2.05, 4.69) is 0 Å². The zero-order valence-electron chi connectivity index (χ0n) is 11.9. The second kappa shape index (κ2) is 6.80. The first kappa shape index (κ1) is 16.8. The fraction of sp³-hybridized carbons (Fsp3) is 0. The third kappa shape index (κ3) is 3.55. The molecule has 0 amide bonds. The molecule has 0 unspecified atom stereocenters. The van der Waals surface area contributed by atoms with Crippen molar-refractivity contribution in [2.45, 2.75) is 0 Å². The van der Waals surface area contributed by atoms with Crippen molar-refractivity contribution in [1.29, 1.82) is 0 Å². The third-order valence-electron chi connectivity index (χ3n) is 3.26. The van der Waals surface area contributed by atoms with E-state index < -0.39 is 20.9 Å². The van der Waals surface area contributed by atoms with Crippen LogP contribution in [0.1, 0.15) is 0 Å². The van der Waals surface area contributed by atoms with Gasteiger partial charge in [-0.1, -0.05) is 0 Å². The van der Waals surface area contributed by atoms with E-state index in [9.17, 15) is 11.9 Å². The Morgan fingerprint density at radius 3 is 1.74 bits per heavy atom. The van der Waals surface area contributed by atoms with Gasteiger partial charge in [-0.15, -0.1) is 0 Å². The maximum atomic E-state index is 11.7. The van der Waals surface area contributed by atoms with Crippen LogP contribution in [-0.4, -0.2) is 32.1 Å². The van der Waals surface area contributed by atoms with Crippen molar-refractivity contribution in [3.63, 3.8) is 0 Å². The van der Waals surface area contributed by atoms with Crippen LogP contribution in [0.3, 0.4) is 0 Å². The van der Waals surface area contributed by atoms with Crippen LogP contribution >= 0.6 is 7.49 Å². The molecule has 1 heterocycles. The first-order valence-corrected chi connectivity index (χ1v) is 13.2. The van der Waals surface area contributed by atoms with Crippen molar-refractivity contribution in [2.24, 2.45) is 0 Å². The Morgan fingerprint density at radius 2 is 1.35 bits per heavy atom. The topological polar surface area (TPSA) is 63.6 Å². The molecule has 3 rings (SSSR count). The van der Waals surface area contributed by atoms with Gasteiger partial charge >= 0.3 is 143 Å². The molecule has 0 saturated carbocycles. The monoisotopic (exact) mass is 461 g/mol. The minimum absolute atomic E-state index is 0.0120. The van der Waals surface area contributed by atoms with Crippen LogP contribution in [0.15, 0.2) is 77.7 Å². The van der Waals surface area contributed by atoms with Gasteiger partial charge in [-0.2, -0.15) is 0 Å². The van der Waals surface area contributed by atoms with E-state index in [0.29, 0.717) is 0 Å². The summed E-state index contributed by atoms with van der Waals surface area (Å²) in [5.74, 6) is 0. The van der Waals surface area contributed by atoms with E-state index in [1.807, 2.05) is 77.7 Å². The van der Waals surface area contributed by atoms with E-state index >= 15 is 0 Å². The Labute approximate surface area is 143 Å². The normalized spacial score (nSPS) is 12.2. The fourth-order valence-electron chi connectivity index (χ4n) is 2.39. The van der Waals surface area contributed by atoms with E-state index in [1.165, 1.54) is 0 Å². The molecular formula is C16H14O4PSe2+. The van der Waals surface area contributed by atoms with Crippen LogP contribution in [0.5, 0.6) is 0 Å². The number of hydrogen-bond acceptors (Lipinski definition) is 3. The molecule has 4 nitrogen and oxygen atoms in total. The van der Waals surface area contributed by atoms with E-state index in [4.69, 9.17) is 3.61 Å². The molecule has 118 valence electrons. The van der Waals surface area contributed by atoms with Crippen LogP contribution in [0.2, 0.25) is 0 Å². The van der Waals surface area contributed by atoms with Crippen LogP contribution in [0, 0.1) is 0 Å². The molecule has 3 aromatic rings. The van der Waals surface area contributed by atoms with Gasteiger partial charge in [-0.3, -0.25) is 0 Å². The van der Waals surface area contributed by atoms with E-state index in [1.54, 1.807) is 0 Å². The summed E-state index contributed by atoms with van der Waals surface area (Å²) < 4.78 is 39.5. The molecular weight excluding hydrogens is 445 g/mol. The molecule has 0 spiro atoms. The van der Waals surface area contributed by atoms with Gasteiger partial charge in [0.25, 0.3) is 0 Å². The number of benzene rings is 2. The predicted octanol–water partition coefficient (Wildman–Crippen LogP) is 1.26. The average Bonchev–Trinajstić information content (AvgIpc) is 3.08. The summed E-state index contributed by atoms with van der Waals surface area (Å²) in [5, 5.41) is 1.57. The molecule has 0 aliphatic rings. The Hall–Kier alpha value is -1.09. The maximum absolute atomic E-state index is 11.7. The summed E-state index contributed by atoms with van der Waals surface area (Å²) in [5.41, 5.74) is 0. The average molecular weight is 459 g/mol. The van der Waals surface area contributed by atoms with E-state index in [-0.39, 0.29) is 14.5 Å². The molecule has 7 heteroatoms. The van der Waals surface area contributed by atoms with Crippen LogP contribution in [0.25, 0.3) is 0 Å². The van der Waals surface area contributed by atoms with Gasteiger partial charge < -0.3 is 0 Å². The Bertz CT molecular complexity index is 823. The summed E-state index contributed by atoms with van der Waals surface area (Å²) in [7, 11) is -2.85. The molecule has 2 aromatic carbocycles. The second-order valence-electron chi connectivity index (χ2n) is 4.73. The second-order valence-corrected chi connectivity index (χ2v) is 13.0. The Kier molecular flexibility index (Phi) is 4.95. The van der Waals surface area contributed by atoms with Gasteiger partial charge in [-0.05, 0) is 0 Å². The van der Waals surface area contributed by atoms with Crippen LogP contribution < -0.4 is 14.8 Å². The zero-order valence-corrected chi connectivity index (χ0v) is 16.3. The SMILES string of the molecule is O=[Se](=O)(O)O[P+](c1ccccc1)(c1ccccc1)c1ccc[se]1. The molecule has 0 bridgehead atoms. The molecule has 0 fully saturated rings. The molecule has 1 N–H and O–H groups in total. The Morgan fingerprint density at radius 1 is 0.826 bits per heavy atom.